The maximum Gasteiger partial charge on any atom is 0.326 e. The number of carbonyl (C=O) groups excluding carboxylic acids is 1. The van der Waals surface area contributed by atoms with Gasteiger partial charge in [-0.25, -0.2) is 9.59 Å². The first-order chi connectivity index (χ1) is 17.1. The Balaban J connectivity index is 1.26. The molecule has 2 saturated carbocycles. The number of fused-ring (bicyclic) bond motifs is 4. The van der Waals surface area contributed by atoms with Crippen LogP contribution in [0.4, 0.5) is 10.5 Å². The number of likely N-dealkylation sites (tertiary alicyclic amines) is 1. The van der Waals surface area contributed by atoms with Gasteiger partial charge in [-0.1, -0.05) is 43.9 Å². The quantitative estimate of drug-likeness (QED) is 0.618. The highest BCUT2D eigenvalue weighted by Crippen LogP contribution is 2.46. The number of hydrogen-bond acceptors (Lipinski definition) is 3. The number of piperidine rings is 2. The Morgan fingerprint density at radius 3 is 2.09 bits per heavy atom. The van der Waals surface area contributed by atoms with E-state index in [4.69, 9.17) is 0 Å². The molecule has 7 atom stereocenters. The van der Waals surface area contributed by atoms with Gasteiger partial charge in [0.05, 0.1) is 0 Å². The molecule has 3 saturated heterocycles. The summed E-state index contributed by atoms with van der Waals surface area (Å²) in [7, 11) is 0. The molecular formula is C29H41N3O3. The zero-order valence-electron chi connectivity index (χ0n) is 20.9. The lowest BCUT2D eigenvalue weighted by Crippen LogP contribution is -2.63. The van der Waals surface area contributed by atoms with Gasteiger partial charge < -0.3 is 10.0 Å². The van der Waals surface area contributed by atoms with Crippen molar-refractivity contribution in [3.8, 4) is 0 Å². The fourth-order valence-corrected chi connectivity index (χ4v) is 8.59. The molecular weight excluding hydrogens is 438 g/mol. The number of nitrogens with zero attached hydrogens (tertiary/aromatic N) is 3. The number of urea groups is 1. The summed E-state index contributed by atoms with van der Waals surface area (Å²) in [4.78, 5) is 32.4. The summed E-state index contributed by atoms with van der Waals surface area (Å²) in [5.74, 6) is 0.978. The Morgan fingerprint density at radius 2 is 1.43 bits per heavy atom. The number of aliphatic carboxylic acids is 1. The summed E-state index contributed by atoms with van der Waals surface area (Å²) in [5, 5.41) is 9.75. The van der Waals surface area contributed by atoms with Crippen molar-refractivity contribution in [3.63, 3.8) is 0 Å². The number of carbonyl (C=O) groups is 2. The molecule has 190 valence electrons. The van der Waals surface area contributed by atoms with E-state index in [1.807, 2.05) is 35.2 Å². The molecule has 2 aliphatic carbocycles. The van der Waals surface area contributed by atoms with Crippen LogP contribution in [0.3, 0.4) is 0 Å². The molecule has 5 aliphatic rings. The van der Waals surface area contributed by atoms with Gasteiger partial charge in [-0.05, 0) is 81.8 Å². The van der Waals surface area contributed by atoms with Gasteiger partial charge in [0.1, 0.15) is 6.04 Å². The fraction of sp³-hybridized carbons (Fsp3) is 0.724. The molecule has 5 fully saturated rings. The molecule has 2 amide bonds. The molecule has 4 bridgehead atoms. The van der Waals surface area contributed by atoms with Crippen LogP contribution in [0.5, 0.6) is 0 Å². The third-order valence-electron chi connectivity index (χ3n) is 9.92. The normalized spacial score (nSPS) is 37.1. The van der Waals surface area contributed by atoms with Crippen LogP contribution in [-0.4, -0.2) is 63.7 Å². The SMILES string of the molecule is O=C(O)[C@H]1CCCN1C(=O)N(c1ccccc1)C1C[C@H]2CCC[C@@H](C1)N2C1C[C@H]2CCC[C@@H](C1)C2. The monoisotopic (exact) mass is 479 g/mol. The van der Waals surface area contributed by atoms with Gasteiger partial charge >= 0.3 is 12.0 Å². The van der Waals surface area contributed by atoms with Crippen LogP contribution in [-0.2, 0) is 4.79 Å². The zero-order valence-corrected chi connectivity index (χ0v) is 20.9. The minimum absolute atomic E-state index is 0.107. The lowest BCUT2D eigenvalue weighted by molar-refractivity contribution is -0.141. The van der Waals surface area contributed by atoms with Crippen LogP contribution < -0.4 is 4.90 Å². The van der Waals surface area contributed by atoms with Gasteiger partial charge in [0.2, 0.25) is 0 Å². The predicted molar refractivity (Wildman–Crippen MR) is 136 cm³/mol. The van der Waals surface area contributed by atoms with E-state index in [1.54, 1.807) is 4.90 Å². The van der Waals surface area contributed by atoms with Crippen molar-refractivity contribution in [3.05, 3.63) is 30.3 Å². The van der Waals surface area contributed by atoms with Crippen LogP contribution in [0.15, 0.2) is 30.3 Å². The second-order valence-electron chi connectivity index (χ2n) is 12.0. The summed E-state index contributed by atoms with van der Waals surface area (Å²) < 4.78 is 0. The van der Waals surface area contributed by atoms with Gasteiger partial charge in [-0.2, -0.15) is 0 Å². The molecule has 1 aromatic rings. The average molecular weight is 480 g/mol. The molecule has 3 heterocycles. The van der Waals surface area contributed by atoms with Crippen LogP contribution in [0, 0.1) is 11.8 Å². The Morgan fingerprint density at radius 1 is 0.771 bits per heavy atom. The molecule has 1 N–H and O–H groups in total. The third-order valence-corrected chi connectivity index (χ3v) is 9.92. The molecule has 3 aliphatic heterocycles. The van der Waals surface area contributed by atoms with Crippen molar-refractivity contribution < 1.29 is 14.7 Å². The molecule has 0 radical (unpaired) electrons. The standard InChI is InChI=1S/C29H41N3O3/c33-28(34)27-13-6-14-30(27)29(35)32(22-9-2-1-3-10-22)26-18-23-11-5-12-24(19-26)31(23)25-16-20-7-4-8-21(15-20)17-25/h1-3,9-10,20-21,23-27H,4-8,11-19H2,(H,33,34)/t20-,21+,23-,24+,25?,26?,27-/m1/s1. The molecule has 2 unspecified atom stereocenters. The number of rotatable bonds is 4. The molecule has 1 aromatic carbocycles. The summed E-state index contributed by atoms with van der Waals surface area (Å²) in [6, 6.07) is 11.2. The van der Waals surface area contributed by atoms with Crippen LogP contribution in [0.25, 0.3) is 0 Å². The first kappa shape index (κ1) is 23.3. The van der Waals surface area contributed by atoms with E-state index >= 15 is 0 Å². The Hall–Kier alpha value is -2.08. The van der Waals surface area contributed by atoms with Gasteiger partial charge in [0, 0.05) is 36.4 Å². The van der Waals surface area contributed by atoms with E-state index < -0.39 is 12.0 Å². The Bertz CT molecular complexity index is 897. The minimum Gasteiger partial charge on any atom is -0.480 e. The first-order valence-corrected chi connectivity index (χ1v) is 14.2. The molecule has 6 nitrogen and oxygen atoms in total. The first-order valence-electron chi connectivity index (χ1n) is 14.2. The van der Waals surface area contributed by atoms with Crippen molar-refractivity contribution in [2.75, 3.05) is 11.4 Å². The fourth-order valence-electron chi connectivity index (χ4n) is 8.59. The highest BCUT2D eigenvalue weighted by atomic mass is 16.4. The van der Waals surface area contributed by atoms with Gasteiger partial charge in [-0.15, -0.1) is 0 Å². The maximum absolute atomic E-state index is 14.0. The Kier molecular flexibility index (Phi) is 6.50. The highest BCUT2D eigenvalue weighted by Gasteiger charge is 2.48. The molecule has 0 spiro atoms. The van der Waals surface area contributed by atoms with Crippen LogP contribution in [0.1, 0.15) is 83.5 Å². The lowest BCUT2D eigenvalue weighted by Gasteiger charge is -2.56. The van der Waals surface area contributed by atoms with Crippen LogP contribution in [0.2, 0.25) is 0 Å². The summed E-state index contributed by atoms with van der Waals surface area (Å²) in [6.07, 6.45) is 15.6. The smallest absolute Gasteiger partial charge is 0.326 e. The number of benzene rings is 1. The van der Waals surface area contributed by atoms with E-state index in [2.05, 4.69) is 4.90 Å². The van der Waals surface area contributed by atoms with E-state index in [-0.39, 0.29) is 12.1 Å². The third kappa shape index (κ3) is 4.47. The number of amides is 2. The number of anilines is 1. The molecule has 35 heavy (non-hydrogen) atoms. The molecule has 0 aromatic heterocycles. The second kappa shape index (κ2) is 9.76. The van der Waals surface area contributed by atoms with E-state index in [0.29, 0.717) is 25.0 Å². The summed E-state index contributed by atoms with van der Waals surface area (Å²) >= 11 is 0. The Labute approximate surface area is 209 Å². The largest absolute Gasteiger partial charge is 0.480 e. The second-order valence-corrected chi connectivity index (χ2v) is 12.0. The maximum atomic E-state index is 14.0. The lowest BCUT2D eigenvalue weighted by atomic mass is 9.68. The van der Waals surface area contributed by atoms with Gasteiger partial charge in [0.15, 0.2) is 0 Å². The summed E-state index contributed by atoms with van der Waals surface area (Å²) in [5.41, 5.74) is 0.914. The number of carboxylic acids is 1. The van der Waals surface area contributed by atoms with Crippen molar-refractivity contribution >= 4 is 17.7 Å². The zero-order chi connectivity index (χ0) is 23.9. The van der Waals surface area contributed by atoms with Crippen molar-refractivity contribution in [1.29, 1.82) is 0 Å². The highest BCUT2D eigenvalue weighted by molar-refractivity contribution is 5.95. The van der Waals surface area contributed by atoms with Crippen molar-refractivity contribution in [2.24, 2.45) is 11.8 Å². The number of para-hydroxylation sites is 1. The van der Waals surface area contributed by atoms with Gasteiger partial charge in [-0.3, -0.25) is 9.80 Å². The summed E-state index contributed by atoms with van der Waals surface area (Å²) in [6.45, 7) is 0.537. The predicted octanol–water partition coefficient (Wildman–Crippen LogP) is 5.52. The van der Waals surface area contributed by atoms with Crippen LogP contribution >= 0.6 is 0 Å². The molecule has 6 heteroatoms. The topological polar surface area (TPSA) is 64.1 Å². The van der Waals surface area contributed by atoms with Crippen molar-refractivity contribution in [2.45, 2.75) is 114 Å². The number of carboxylic acid groups (broad SMARTS) is 1. The van der Waals surface area contributed by atoms with E-state index in [0.717, 1.165) is 42.8 Å². The van der Waals surface area contributed by atoms with E-state index in [1.165, 1.54) is 57.8 Å². The van der Waals surface area contributed by atoms with Crippen molar-refractivity contribution in [1.82, 2.24) is 9.80 Å². The molecule has 6 rings (SSSR count). The van der Waals surface area contributed by atoms with E-state index in [9.17, 15) is 14.7 Å². The number of hydrogen-bond donors (Lipinski definition) is 1. The average Bonchev–Trinajstić information content (AvgIpc) is 3.35. The minimum atomic E-state index is -0.876. The van der Waals surface area contributed by atoms with Gasteiger partial charge in [0.25, 0.3) is 0 Å².